The van der Waals surface area contributed by atoms with E-state index in [1.54, 1.807) is 19.1 Å². The zero-order valence-electron chi connectivity index (χ0n) is 23.1. The Morgan fingerprint density at radius 3 is 2.26 bits per heavy atom. The summed E-state index contributed by atoms with van der Waals surface area (Å²) in [4.78, 5) is 25.4. The topological polar surface area (TPSA) is 55.8 Å². The lowest BCUT2D eigenvalue weighted by Gasteiger charge is -2.29. The molecule has 38 heavy (non-hydrogen) atoms. The summed E-state index contributed by atoms with van der Waals surface area (Å²) in [6.45, 7) is 11.6. The highest BCUT2D eigenvalue weighted by molar-refractivity contribution is 5.90. The quantitative estimate of drug-likeness (QED) is 0.160. The Labute approximate surface area is 226 Å². The first kappa shape index (κ1) is 27.4. The predicted octanol–water partition coefficient (Wildman–Crippen LogP) is 7.45. The second kappa shape index (κ2) is 12.3. The van der Waals surface area contributed by atoms with Crippen molar-refractivity contribution in [1.29, 1.82) is 0 Å². The average Bonchev–Trinajstić information content (AvgIpc) is 3.46. The molecule has 1 saturated heterocycles. The van der Waals surface area contributed by atoms with Gasteiger partial charge < -0.3 is 19.2 Å². The fourth-order valence-electron chi connectivity index (χ4n) is 4.96. The van der Waals surface area contributed by atoms with E-state index >= 15 is 0 Å². The van der Waals surface area contributed by atoms with Crippen molar-refractivity contribution in [3.8, 4) is 28.0 Å². The number of anilines is 1. The summed E-state index contributed by atoms with van der Waals surface area (Å²) in [6.07, 6.45) is 4.57. The molecule has 3 aromatic carbocycles. The Kier molecular flexibility index (Phi) is 8.88. The molecule has 1 aliphatic rings. The number of aldehydes is 1. The van der Waals surface area contributed by atoms with E-state index in [2.05, 4.69) is 49.9 Å². The van der Waals surface area contributed by atoms with E-state index in [1.165, 1.54) is 24.1 Å². The number of hydrogen-bond acceptors (Lipinski definition) is 5. The molecule has 5 heteroatoms. The molecule has 0 radical (unpaired) electrons. The van der Waals surface area contributed by atoms with Crippen LogP contribution in [0, 0.1) is 0 Å². The van der Waals surface area contributed by atoms with Crippen LogP contribution in [0.3, 0.4) is 0 Å². The standard InChI is InChI=1S/C33H39NO4/c1-5-37-32(36)25-12-10-24(11-13-25)26-15-17-31(38-21-9-8-20-35)28(22-26)27-14-16-30(34-18-6-7-19-34)29(23-27)33(2,3)4/h10-17,20,22-23H,5-9,18-19,21H2,1-4H3. The molecule has 1 aliphatic heterocycles. The highest BCUT2D eigenvalue weighted by Crippen LogP contribution is 2.40. The van der Waals surface area contributed by atoms with Gasteiger partial charge in [-0.2, -0.15) is 0 Å². The van der Waals surface area contributed by atoms with Crippen molar-refractivity contribution < 1.29 is 19.1 Å². The fraction of sp³-hybridized carbons (Fsp3) is 0.394. The van der Waals surface area contributed by atoms with Gasteiger partial charge in [-0.25, -0.2) is 4.79 Å². The van der Waals surface area contributed by atoms with Crippen LogP contribution in [-0.2, 0) is 14.9 Å². The van der Waals surface area contributed by atoms with E-state index in [0.29, 0.717) is 31.6 Å². The third-order valence-corrected chi connectivity index (χ3v) is 7.00. The zero-order valence-corrected chi connectivity index (χ0v) is 23.1. The van der Waals surface area contributed by atoms with Crippen molar-refractivity contribution in [3.63, 3.8) is 0 Å². The van der Waals surface area contributed by atoms with Crippen LogP contribution in [-0.4, -0.2) is 38.6 Å². The predicted molar refractivity (Wildman–Crippen MR) is 154 cm³/mol. The number of carbonyl (C=O) groups excluding carboxylic acids is 2. The molecule has 0 saturated carbocycles. The molecule has 4 rings (SSSR count). The highest BCUT2D eigenvalue weighted by atomic mass is 16.5. The summed E-state index contributed by atoms with van der Waals surface area (Å²) in [5, 5.41) is 0. The third-order valence-electron chi connectivity index (χ3n) is 7.00. The van der Waals surface area contributed by atoms with Crippen LogP contribution in [0.5, 0.6) is 5.75 Å². The maximum atomic E-state index is 12.1. The second-order valence-corrected chi connectivity index (χ2v) is 10.8. The number of carbonyl (C=O) groups is 2. The molecule has 0 atom stereocenters. The van der Waals surface area contributed by atoms with Gasteiger partial charge in [0.15, 0.2) is 0 Å². The molecule has 0 amide bonds. The Morgan fingerprint density at radius 1 is 0.921 bits per heavy atom. The maximum Gasteiger partial charge on any atom is 0.338 e. The van der Waals surface area contributed by atoms with E-state index in [1.807, 2.05) is 24.3 Å². The van der Waals surface area contributed by atoms with E-state index < -0.39 is 0 Å². The Balaban J connectivity index is 1.75. The van der Waals surface area contributed by atoms with Crippen molar-refractivity contribution in [2.24, 2.45) is 0 Å². The first-order valence-corrected chi connectivity index (χ1v) is 13.7. The first-order valence-electron chi connectivity index (χ1n) is 13.7. The molecule has 0 aromatic heterocycles. The van der Waals surface area contributed by atoms with Crippen LogP contribution in [0.4, 0.5) is 5.69 Å². The first-order chi connectivity index (χ1) is 18.3. The minimum absolute atomic E-state index is 0.0144. The van der Waals surface area contributed by atoms with Crippen LogP contribution in [0.15, 0.2) is 60.7 Å². The molecule has 0 bridgehead atoms. The molecule has 1 heterocycles. The van der Waals surface area contributed by atoms with Gasteiger partial charge in [0.2, 0.25) is 0 Å². The number of nitrogens with zero attached hydrogens (tertiary/aromatic N) is 1. The number of hydrogen-bond donors (Lipinski definition) is 0. The summed E-state index contributed by atoms with van der Waals surface area (Å²) in [5.41, 5.74) is 7.34. The molecule has 1 fully saturated rings. The van der Waals surface area contributed by atoms with E-state index in [9.17, 15) is 9.59 Å². The van der Waals surface area contributed by atoms with Crippen molar-refractivity contribution in [3.05, 3.63) is 71.8 Å². The lowest BCUT2D eigenvalue weighted by atomic mass is 9.83. The molecule has 5 nitrogen and oxygen atoms in total. The van der Waals surface area contributed by atoms with E-state index in [0.717, 1.165) is 47.4 Å². The van der Waals surface area contributed by atoms with Gasteiger partial charge >= 0.3 is 5.97 Å². The van der Waals surface area contributed by atoms with Gasteiger partial charge in [-0.1, -0.05) is 45.0 Å². The summed E-state index contributed by atoms with van der Waals surface area (Å²) >= 11 is 0. The van der Waals surface area contributed by atoms with Crippen LogP contribution in [0.25, 0.3) is 22.3 Å². The summed E-state index contributed by atoms with van der Waals surface area (Å²) < 4.78 is 11.3. The lowest BCUT2D eigenvalue weighted by molar-refractivity contribution is -0.108. The van der Waals surface area contributed by atoms with Gasteiger partial charge in [0, 0.05) is 30.8 Å². The molecular formula is C33H39NO4. The van der Waals surface area contributed by atoms with Crippen LogP contribution in [0.1, 0.15) is 69.3 Å². The monoisotopic (exact) mass is 513 g/mol. The average molecular weight is 514 g/mol. The fourth-order valence-corrected chi connectivity index (χ4v) is 4.96. The molecule has 0 spiro atoms. The van der Waals surface area contributed by atoms with Gasteiger partial charge in [-0.15, -0.1) is 0 Å². The molecule has 200 valence electrons. The number of benzene rings is 3. The number of unbranched alkanes of at least 4 members (excludes halogenated alkanes) is 1. The van der Waals surface area contributed by atoms with E-state index in [4.69, 9.17) is 9.47 Å². The summed E-state index contributed by atoms with van der Waals surface area (Å²) in [6, 6.07) is 20.5. The molecule has 3 aromatic rings. The molecule has 0 N–H and O–H groups in total. The molecular weight excluding hydrogens is 474 g/mol. The van der Waals surface area contributed by atoms with Crippen LogP contribution in [0.2, 0.25) is 0 Å². The Hall–Kier alpha value is -3.60. The Morgan fingerprint density at radius 2 is 1.61 bits per heavy atom. The summed E-state index contributed by atoms with van der Waals surface area (Å²) in [5.74, 6) is 0.489. The van der Waals surface area contributed by atoms with Crippen molar-refractivity contribution in [2.45, 2.75) is 58.8 Å². The highest BCUT2D eigenvalue weighted by Gasteiger charge is 2.24. The normalized spacial score (nSPS) is 13.4. The number of ether oxygens (including phenoxy) is 2. The SMILES string of the molecule is CCOC(=O)c1ccc(-c2ccc(OCCCC=O)c(-c3ccc(N4CCCC4)c(C(C)(C)C)c3)c2)cc1. The Bertz CT molecular complexity index is 1250. The number of rotatable bonds is 10. The van der Waals surface area contributed by atoms with Gasteiger partial charge in [-0.3, -0.25) is 0 Å². The van der Waals surface area contributed by atoms with E-state index in [-0.39, 0.29) is 11.4 Å². The third kappa shape index (κ3) is 6.45. The van der Waals surface area contributed by atoms with Gasteiger partial charge in [0.05, 0.1) is 18.8 Å². The van der Waals surface area contributed by atoms with Gasteiger partial charge in [0.25, 0.3) is 0 Å². The summed E-state index contributed by atoms with van der Waals surface area (Å²) in [7, 11) is 0. The van der Waals surface area contributed by atoms with Gasteiger partial charge in [0.1, 0.15) is 12.0 Å². The zero-order chi connectivity index (χ0) is 27.1. The van der Waals surface area contributed by atoms with Crippen LogP contribution < -0.4 is 9.64 Å². The minimum Gasteiger partial charge on any atom is -0.493 e. The van der Waals surface area contributed by atoms with Crippen molar-refractivity contribution in [2.75, 3.05) is 31.2 Å². The molecule has 0 aliphatic carbocycles. The van der Waals surface area contributed by atoms with Crippen molar-refractivity contribution >= 4 is 17.9 Å². The molecule has 0 unspecified atom stereocenters. The van der Waals surface area contributed by atoms with Crippen LogP contribution >= 0.6 is 0 Å². The van der Waals surface area contributed by atoms with Gasteiger partial charge in [-0.05, 0) is 90.3 Å². The van der Waals surface area contributed by atoms with Crippen molar-refractivity contribution in [1.82, 2.24) is 0 Å². The maximum absolute atomic E-state index is 12.1. The minimum atomic E-state index is -0.313. The number of esters is 1. The largest absolute Gasteiger partial charge is 0.493 e. The second-order valence-electron chi connectivity index (χ2n) is 10.8. The lowest BCUT2D eigenvalue weighted by Crippen LogP contribution is -2.23. The smallest absolute Gasteiger partial charge is 0.338 e.